The van der Waals surface area contributed by atoms with Crippen molar-refractivity contribution in [1.29, 1.82) is 0 Å². The van der Waals surface area contributed by atoms with Gasteiger partial charge in [-0.05, 0) is 48.4 Å². The van der Waals surface area contributed by atoms with Crippen LogP contribution in [0.2, 0.25) is 0 Å². The molecule has 0 bridgehead atoms. The standard InChI is InChI=1S/C18H17N5O2/c1-14-4-2-3-5-17(14)22-18(24)11-25-16-8-6-15(7-9-16)10-21-23-12-19-20-13-23/h2-10,12-13H,11H2,1H3,(H,22,24)/b21-10+. The lowest BCUT2D eigenvalue weighted by Gasteiger charge is -2.09. The lowest BCUT2D eigenvalue weighted by Crippen LogP contribution is -2.20. The normalized spacial score (nSPS) is 10.8. The lowest BCUT2D eigenvalue weighted by molar-refractivity contribution is -0.118. The molecule has 7 nitrogen and oxygen atoms in total. The van der Waals surface area contributed by atoms with Gasteiger partial charge in [-0.25, -0.2) is 4.68 Å². The van der Waals surface area contributed by atoms with Gasteiger partial charge in [-0.3, -0.25) is 4.79 Å². The van der Waals surface area contributed by atoms with Crippen LogP contribution >= 0.6 is 0 Å². The number of hydrogen-bond acceptors (Lipinski definition) is 5. The lowest BCUT2D eigenvalue weighted by atomic mass is 10.2. The number of carbonyl (C=O) groups excluding carboxylic acids is 1. The zero-order valence-electron chi connectivity index (χ0n) is 13.7. The van der Waals surface area contributed by atoms with Crippen LogP contribution in [0, 0.1) is 6.92 Å². The van der Waals surface area contributed by atoms with Crippen LogP contribution in [0.5, 0.6) is 5.75 Å². The second kappa shape index (κ2) is 7.87. The molecule has 0 spiro atoms. The van der Waals surface area contributed by atoms with E-state index in [0.29, 0.717) is 5.75 Å². The average Bonchev–Trinajstić information content (AvgIpc) is 3.15. The van der Waals surface area contributed by atoms with Gasteiger partial charge in [0.15, 0.2) is 6.61 Å². The molecule has 0 saturated heterocycles. The van der Waals surface area contributed by atoms with Crippen molar-refractivity contribution in [2.24, 2.45) is 5.10 Å². The minimum Gasteiger partial charge on any atom is -0.484 e. The summed E-state index contributed by atoms with van der Waals surface area (Å²) in [5.74, 6) is 0.411. The van der Waals surface area contributed by atoms with Crippen molar-refractivity contribution in [3.63, 3.8) is 0 Å². The van der Waals surface area contributed by atoms with Gasteiger partial charge in [-0.2, -0.15) is 5.10 Å². The van der Waals surface area contributed by atoms with E-state index in [1.54, 1.807) is 18.3 Å². The first-order chi connectivity index (χ1) is 12.2. The predicted molar refractivity (Wildman–Crippen MR) is 94.8 cm³/mol. The summed E-state index contributed by atoms with van der Waals surface area (Å²) < 4.78 is 7.00. The first-order valence-electron chi connectivity index (χ1n) is 7.68. The van der Waals surface area contributed by atoms with Crippen LogP contribution < -0.4 is 10.1 Å². The Hall–Kier alpha value is -3.48. The van der Waals surface area contributed by atoms with Crippen molar-refractivity contribution in [3.8, 4) is 5.75 Å². The van der Waals surface area contributed by atoms with Crippen LogP contribution in [0.15, 0.2) is 66.3 Å². The van der Waals surface area contributed by atoms with E-state index in [9.17, 15) is 4.79 Å². The third-order valence-electron chi connectivity index (χ3n) is 3.42. The quantitative estimate of drug-likeness (QED) is 0.702. The molecule has 0 saturated carbocycles. The van der Waals surface area contributed by atoms with Gasteiger partial charge in [0.05, 0.1) is 6.21 Å². The first-order valence-corrected chi connectivity index (χ1v) is 7.68. The van der Waals surface area contributed by atoms with Crippen molar-refractivity contribution >= 4 is 17.8 Å². The fourth-order valence-corrected chi connectivity index (χ4v) is 2.09. The maximum absolute atomic E-state index is 12.0. The van der Waals surface area contributed by atoms with E-state index in [1.165, 1.54) is 17.3 Å². The number of ether oxygens (including phenoxy) is 1. The Morgan fingerprint density at radius 1 is 1.16 bits per heavy atom. The summed E-state index contributed by atoms with van der Waals surface area (Å²) in [5, 5.41) is 14.3. The third kappa shape index (κ3) is 4.74. The molecule has 1 heterocycles. The van der Waals surface area contributed by atoms with E-state index in [1.807, 2.05) is 43.3 Å². The van der Waals surface area contributed by atoms with Gasteiger partial charge in [-0.15, -0.1) is 10.2 Å². The Kier molecular flexibility index (Phi) is 5.16. The highest BCUT2D eigenvalue weighted by Gasteiger charge is 2.05. The van der Waals surface area contributed by atoms with Crippen molar-refractivity contribution in [1.82, 2.24) is 14.9 Å². The molecule has 0 fully saturated rings. The molecule has 0 atom stereocenters. The van der Waals surface area contributed by atoms with Gasteiger partial charge in [0.2, 0.25) is 0 Å². The molecule has 0 aliphatic carbocycles. The summed E-state index contributed by atoms with van der Waals surface area (Å²) in [6.45, 7) is 1.89. The molecule has 1 amide bonds. The van der Waals surface area contributed by atoms with Gasteiger partial charge < -0.3 is 10.1 Å². The molecule has 1 N–H and O–H groups in total. The number of amides is 1. The van der Waals surface area contributed by atoms with Gasteiger partial charge in [0, 0.05) is 5.69 Å². The van der Waals surface area contributed by atoms with Crippen molar-refractivity contribution < 1.29 is 9.53 Å². The maximum atomic E-state index is 12.0. The molecule has 0 aliphatic rings. The van der Waals surface area contributed by atoms with Crippen molar-refractivity contribution in [3.05, 3.63) is 72.3 Å². The molecule has 1 aromatic heterocycles. The summed E-state index contributed by atoms with van der Waals surface area (Å²) in [4.78, 5) is 12.0. The largest absolute Gasteiger partial charge is 0.484 e. The molecular weight excluding hydrogens is 318 g/mol. The third-order valence-corrected chi connectivity index (χ3v) is 3.42. The van der Waals surface area contributed by atoms with Crippen LogP contribution in [-0.2, 0) is 4.79 Å². The fourth-order valence-electron chi connectivity index (χ4n) is 2.09. The van der Waals surface area contributed by atoms with Crippen molar-refractivity contribution in [2.75, 3.05) is 11.9 Å². The SMILES string of the molecule is Cc1ccccc1NC(=O)COc1ccc(/C=N/n2cnnc2)cc1. The number of nitrogens with one attached hydrogen (secondary N) is 1. The summed E-state index contributed by atoms with van der Waals surface area (Å²) in [5.41, 5.74) is 2.69. The summed E-state index contributed by atoms with van der Waals surface area (Å²) >= 11 is 0. The van der Waals surface area contributed by atoms with Gasteiger partial charge in [0.1, 0.15) is 18.4 Å². The second-order valence-corrected chi connectivity index (χ2v) is 5.31. The van der Waals surface area contributed by atoms with E-state index in [4.69, 9.17) is 4.74 Å². The number of hydrogen-bond donors (Lipinski definition) is 1. The second-order valence-electron chi connectivity index (χ2n) is 5.31. The number of anilines is 1. The summed E-state index contributed by atoms with van der Waals surface area (Å²) in [7, 11) is 0. The fraction of sp³-hybridized carbons (Fsp3) is 0.111. The molecule has 0 radical (unpaired) electrons. The maximum Gasteiger partial charge on any atom is 0.262 e. The number of nitrogens with zero attached hydrogens (tertiary/aromatic N) is 4. The number of aromatic nitrogens is 3. The minimum absolute atomic E-state index is 0.0531. The van der Waals surface area contributed by atoms with Gasteiger partial charge >= 0.3 is 0 Å². The Labute approximate surface area is 145 Å². The number of para-hydroxylation sites is 1. The Morgan fingerprint density at radius 2 is 1.88 bits per heavy atom. The van der Waals surface area contributed by atoms with Crippen LogP contribution in [-0.4, -0.2) is 33.6 Å². The highest BCUT2D eigenvalue weighted by atomic mass is 16.5. The zero-order valence-corrected chi connectivity index (χ0v) is 13.7. The van der Waals surface area contributed by atoms with Crippen LogP contribution in [0.3, 0.4) is 0 Å². The van der Waals surface area contributed by atoms with Crippen LogP contribution in [0.1, 0.15) is 11.1 Å². The number of carbonyl (C=O) groups is 1. The van der Waals surface area contributed by atoms with E-state index < -0.39 is 0 Å². The highest BCUT2D eigenvalue weighted by molar-refractivity contribution is 5.92. The zero-order chi connectivity index (χ0) is 17.5. The molecular formula is C18H17N5O2. The van der Waals surface area contributed by atoms with Crippen LogP contribution in [0.25, 0.3) is 0 Å². The van der Waals surface area contributed by atoms with E-state index in [0.717, 1.165) is 16.8 Å². The minimum atomic E-state index is -0.201. The molecule has 2 aromatic carbocycles. The topological polar surface area (TPSA) is 81.4 Å². The van der Waals surface area contributed by atoms with E-state index >= 15 is 0 Å². The first kappa shape index (κ1) is 16.4. The Morgan fingerprint density at radius 3 is 2.60 bits per heavy atom. The Balaban J connectivity index is 1.51. The van der Waals surface area contributed by atoms with Crippen molar-refractivity contribution in [2.45, 2.75) is 6.92 Å². The van der Waals surface area contributed by atoms with E-state index in [2.05, 4.69) is 20.6 Å². The molecule has 7 heteroatoms. The van der Waals surface area contributed by atoms with Crippen LogP contribution in [0.4, 0.5) is 5.69 Å². The molecule has 25 heavy (non-hydrogen) atoms. The smallest absolute Gasteiger partial charge is 0.262 e. The van der Waals surface area contributed by atoms with E-state index in [-0.39, 0.29) is 12.5 Å². The monoisotopic (exact) mass is 335 g/mol. The van der Waals surface area contributed by atoms with Gasteiger partial charge in [0.25, 0.3) is 5.91 Å². The predicted octanol–water partition coefficient (Wildman–Crippen LogP) is 2.49. The molecule has 3 rings (SSSR count). The molecule has 0 aliphatic heterocycles. The summed E-state index contributed by atoms with van der Waals surface area (Å²) in [6, 6.07) is 14.9. The Bertz CT molecular complexity index is 857. The summed E-state index contributed by atoms with van der Waals surface area (Å²) in [6.07, 6.45) is 4.68. The average molecular weight is 335 g/mol. The molecule has 126 valence electrons. The number of aryl methyl sites for hydroxylation is 1. The highest BCUT2D eigenvalue weighted by Crippen LogP contribution is 2.14. The number of benzene rings is 2. The molecule has 3 aromatic rings. The van der Waals surface area contributed by atoms with Gasteiger partial charge in [-0.1, -0.05) is 18.2 Å². The number of rotatable bonds is 6. The molecule has 0 unspecified atom stereocenters.